The molecule has 5 nitrogen and oxygen atoms in total. The van der Waals surface area contributed by atoms with Gasteiger partial charge < -0.3 is 14.4 Å². The number of nitrogens with zero attached hydrogens (tertiary/aromatic N) is 1. The molecule has 0 N–H and O–H groups in total. The highest BCUT2D eigenvalue weighted by atomic mass is 16.5. The number of allylic oxidation sites excluding steroid dienone is 1. The lowest BCUT2D eigenvalue weighted by Crippen LogP contribution is -2.50. The fourth-order valence-electron chi connectivity index (χ4n) is 13.4. The molecule has 0 radical (unpaired) electrons. The summed E-state index contributed by atoms with van der Waals surface area (Å²) in [6.07, 6.45) is 44.8. The zero-order valence-electron chi connectivity index (χ0n) is 43.1. The fraction of sp³-hybridized carbons (Fsp3) is 0.931. The van der Waals surface area contributed by atoms with Crippen LogP contribution in [0.1, 0.15) is 273 Å². The van der Waals surface area contributed by atoms with Crippen molar-refractivity contribution in [3.8, 4) is 0 Å². The summed E-state index contributed by atoms with van der Waals surface area (Å²) >= 11 is 0. The van der Waals surface area contributed by atoms with Crippen molar-refractivity contribution in [3.63, 3.8) is 0 Å². The van der Waals surface area contributed by atoms with Gasteiger partial charge in [-0.2, -0.15) is 0 Å². The molecule has 4 aliphatic rings. The van der Waals surface area contributed by atoms with Gasteiger partial charge in [0.15, 0.2) is 0 Å². The highest BCUT2D eigenvalue weighted by Crippen LogP contribution is 2.67. The van der Waals surface area contributed by atoms with Crippen LogP contribution in [-0.4, -0.2) is 48.7 Å². The zero-order valence-corrected chi connectivity index (χ0v) is 43.1. The molecule has 0 bridgehead atoms. The van der Waals surface area contributed by atoms with Crippen molar-refractivity contribution >= 4 is 11.9 Å². The van der Waals surface area contributed by atoms with Gasteiger partial charge >= 0.3 is 11.9 Å². The molecule has 3 fully saturated rings. The first-order valence-electron chi connectivity index (χ1n) is 28.3. The third kappa shape index (κ3) is 18.3. The molecule has 5 heteroatoms. The molecule has 8 unspecified atom stereocenters. The summed E-state index contributed by atoms with van der Waals surface area (Å²) in [6, 6.07) is 0. The van der Waals surface area contributed by atoms with E-state index in [9.17, 15) is 9.59 Å². The van der Waals surface area contributed by atoms with Crippen molar-refractivity contribution in [1.29, 1.82) is 0 Å². The van der Waals surface area contributed by atoms with E-state index < -0.39 is 0 Å². The second kappa shape index (κ2) is 30.1. The van der Waals surface area contributed by atoms with Crippen molar-refractivity contribution in [3.05, 3.63) is 11.6 Å². The number of esters is 2. The van der Waals surface area contributed by atoms with Crippen LogP contribution in [0.4, 0.5) is 0 Å². The molecular formula is C58H105NO4. The zero-order chi connectivity index (χ0) is 45.3. The number of unbranched alkanes of at least 4 members (excludes halogenated alkanes) is 15. The predicted molar refractivity (Wildman–Crippen MR) is 268 cm³/mol. The Labute approximate surface area is 391 Å². The number of carbonyl (C=O) groups is 2. The minimum absolute atomic E-state index is 0.0304. The van der Waals surface area contributed by atoms with E-state index >= 15 is 0 Å². The molecule has 0 aromatic carbocycles. The van der Waals surface area contributed by atoms with Crippen molar-refractivity contribution in [2.45, 2.75) is 285 Å². The Bertz CT molecular complexity index is 1280. The van der Waals surface area contributed by atoms with E-state index in [1.54, 1.807) is 5.57 Å². The number of rotatable bonds is 35. The average Bonchev–Trinajstić information content (AvgIpc) is 3.60. The van der Waals surface area contributed by atoms with Gasteiger partial charge in [-0.25, -0.2) is 0 Å². The SMILES string of the molecule is CCCCCCCCC(CCCCCC)OC(=O)CCCCCCN(CCCC)CCCCCC(=O)OC1CCC2(C)C(=CCC3C2CCC2(C)C(CCCCC(C)C)CCC32)C1. The second-order valence-electron chi connectivity index (χ2n) is 22.8. The summed E-state index contributed by atoms with van der Waals surface area (Å²) in [5.41, 5.74) is 2.50. The van der Waals surface area contributed by atoms with Gasteiger partial charge in [0.25, 0.3) is 0 Å². The number of hydrogen-bond donors (Lipinski definition) is 0. The van der Waals surface area contributed by atoms with Gasteiger partial charge in [-0.15, -0.1) is 0 Å². The summed E-state index contributed by atoms with van der Waals surface area (Å²) < 4.78 is 12.3. The van der Waals surface area contributed by atoms with E-state index in [0.717, 1.165) is 100 Å². The van der Waals surface area contributed by atoms with Crippen molar-refractivity contribution in [2.24, 2.45) is 40.4 Å². The number of ether oxygens (including phenoxy) is 2. The molecule has 0 amide bonds. The van der Waals surface area contributed by atoms with Gasteiger partial charge in [0.05, 0.1) is 0 Å². The van der Waals surface area contributed by atoms with Crippen molar-refractivity contribution in [2.75, 3.05) is 19.6 Å². The van der Waals surface area contributed by atoms with Gasteiger partial charge in [0.2, 0.25) is 0 Å². The quantitative estimate of drug-likeness (QED) is 0.0361. The number of carbonyl (C=O) groups excluding carboxylic acids is 2. The molecule has 0 aromatic rings. The molecule has 0 heterocycles. The number of hydrogen-bond acceptors (Lipinski definition) is 5. The van der Waals surface area contributed by atoms with Gasteiger partial charge in [-0.3, -0.25) is 9.59 Å². The first-order valence-corrected chi connectivity index (χ1v) is 28.3. The van der Waals surface area contributed by atoms with Crippen LogP contribution in [0.3, 0.4) is 0 Å². The predicted octanol–water partition coefficient (Wildman–Crippen LogP) is 16.9. The molecule has 4 rings (SSSR count). The molecular weight excluding hydrogens is 775 g/mol. The molecule has 0 aliphatic heterocycles. The Kier molecular flexibility index (Phi) is 25.9. The smallest absolute Gasteiger partial charge is 0.306 e. The average molecular weight is 880 g/mol. The van der Waals surface area contributed by atoms with Crippen LogP contribution in [0.25, 0.3) is 0 Å². The summed E-state index contributed by atoms with van der Waals surface area (Å²) in [5, 5.41) is 0. The number of fused-ring (bicyclic) bond motifs is 5. The van der Waals surface area contributed by atoms with Gasteiger partial charge in [-0.1, -0.05) is 156 Å². The monoisotopic (exact) mass is 880 g/mol. The van der Waals surface area contributed by atoms with E-state index in [1.807, 2.05) is 0 Å². The Morgan fingerprint density at radius 3 is 1.92 bits per heavy atom. The first kappa shape index (κ1) is 54.2. The normalized spacial score (nSPS) is 27.2. The topological polar surface area (TPSA) is 55.8 Å². The lowest BCUT2D eigenvalue weighted by atomic mass is 9.47. The molecule has 0 spiro atoms. The van der Waals surface area contributed by atoms with E-state index in [2.05, 4.69) is 59.4 Å². The lowest BCUT2D eigenvalue weighted by Gasteiger charge is -2.58. The van der Waals surface area contributed by atoms with Crippen LogP contribution in [0.2, 0.25) is 0 Å². The first-order chi connectivity index (χ1) is 30.5. The summed E-state index contributed by atoms with van der Waals surface area (Å²) in [7, 11) is 0. The van der Waals surface area contributed by atoms with Crippen LogP contribution in [-0.2, 0) is 19.1 Å². The lowest BCUT2D eigenvalue weighted by molar-refractivity contribution is -0.152. The molecule has 63 heavy (non-hydrogen) atoms. The van der Waals surface area contributed by atoms with Gasteiger partial charge in [0.1, 0.15) is 12.2 Å². The Hall–Kier alpha value is -1.36. The Morgan fingerprint density at radius 2 is 1.22 bits per heavy atom. The standard InChI is InChI=1S/C58H105NO4/c1-8-11-14-16-17-22-32-50(31-21-15-12-9-2)62-55(60)33-23-18-19-27-44-59(43-13-10-3)45-28-20-24-34-56(61)63-51-39-41-58(7)49(46-51)35-37-52-53-38-36-48(30-26-25-29-47(4)5)57(53,6)42-40-54(52)58/h35,47-48,50-54H,8-34,36-46H2,1-7H3. The van der Waals surface area contributed by atoms with Crippen molar-refractivity contribution in [1.82, 2.24) is 4.90 Å². The minimum Gasteiger partial charge on any atom is -0.462 e. The van der Waals surface area contributed by atoms with Crippen LogP contribution < -0.4 is 0 Å². The summed E-state index contributed by atoms with van der Waals surface area (Å²) in [4.78, 5) is 28.6. The molecule has 4 aliphatic carbocycles. The maximum absolute atomic E-state index is 13.1. The molecule has 0 aromatic heterocycles. The van der Waals surface area contributed by atoms with E-state index in [4.69, 9.17) is 9.47 Å². The molecule has 3 saturated carbocycles. The van der Waals surface area contributed by atoms with Crippen molar-refractivity contribution < 1.29 is 19.1 Å². The largest absolute Gasteiger partial charge is 0.462 e. The molecule has 366 valence electrons. The third-order valence-corrected chi connectivity index (χ3v) is 17.5. The van der Waals surface area contributed by atoms with Crippen LogP contribution in [0.5, 0.6) is 0 Å². The summed E-state index contributed by atoms with van der Waals surface area (Å²) in [5.74, 6) is 4.43. The molecule has 8 atom stereocenters. The Morgan fingerprint density at radius 1 is 0.635 bits per heavy atom. The van der Waals surface area contributed by atoms with Gasteiger partial charge in [-0.05, 0) is 169 Å². The second-order valence-corrected chi connectivity index (χ2v) is 22.8. The van der Waals surface area contributed by atoms with Gasteiger partial charge in [0, 0.05) is 19.3 Å². The van der Waals surface area contributed by atoms with Crippen LogP contribution >= 0.6 is 0 Å². The maximum Gasteiger partial charge on any atom is 0.306 e. The highest BCUT2D eigenvalue weighted by molar-refractivity contribution is 5.69. The van der Waals surface area contributed by atoms with E-state index in [1.165, 1.54) is 161 Å². The van der Waals surface area contributed by atoms with E-state index in [0.29, 0.717) is 23.7 Å². The maximum atomic E-state index is 13.1. The Balaban J connectivity index is 1.08. The third-order valence-electron chi connectivity index (χ3n) is 17.5. The fourth-order valence-corrected chi connectivity index (χ4v) is 13.4. The minimum atomic E-state index is 0.0304. The highest BCUT2D eigenvalue weighted by Gasteiger charge is 2.58. The van der Waals surface area contributed by atoms with Crippen LogP contribution in [0, 0.1) is 40.4 Å². The molecule has 0 saturated heterocycles. The summed E-state index contributed by atoms with van der Waals surface area (Å²) in [6.45, 7) is 20.3. The van der Waals surface area contributed by atoms with Crippen LogP contribution in [0.15, 0.2) is 11.6 Å². The van der Waals surface area contributed by atoms with E-state index in [-0.39, 0.29) is 24.1 Å².